The summed E-state index contributed by atoms with van der Waals surface area (Å²) in [6, 6.07) is 9.71. The molecule has 1 aromatic rings. The summed E-state index contributed by atoms with van der Waals surface area (Å²) in [5, 5.41) is 8.09. The minimum atomic E-state index is 0.633. The van der Waals surface area contributed by atoms with Crippen molar-refractivity contribution < 1.29 is 0 Å². The van der Waals surface area contributed by atoms with Gasteiger partial charge in [-0.3, -0.25) is 10.9 Å². The average Bonchev–Trinajstić information content (AvgIpc) is 2.37. The van der Waals surface area contributed by atoms with E-state index >= 15 is 0 Å². The molecular weight excluding hydrogens is 252 g/mol. The van der Waals surface area contributed by atoms with E-state index in [0.717, 1.165) is 11.4 Å². The first-order chi connectivity index (χ1) is 8.22. The summed E-state index contributed by atoms with van der Waals surface area (Å²) >= 11 is 6.39. The molecule has 1 aromatic carbocycles. The molecule has 0 spiro atoms. The zero-order chi connectivity index (χ0) is 12.5. The normalized spacial score (nSPS) is 11.5. The monoisotopic (exact) mass is 266 g/mol. The number of nitrogens with one attached hydrogen (secondary N) is 2. The molecule has 0 heterocycles. The minimum absolute atomic E-state index is 0.633. The lowest BCUT2D eigenvalue weighted by molar-refractivity contribution is 1.06. The molecule has 0 aromatic heterocycles. The fourth-order valence-corrected chi connectivity index (χ4v) is 1.10. The molecule has 0 amide bonds. The van der Waals surface area contributed by atoms with E-state index in [-0.39, 0.29) is 0 Å². The van der Waals surface area contributed by atoms with Crippen molar-refractivity contribution in [3.63, 3.8) is 0 Å². The second-order valence-electron chi connectivity index (χ2n) is 3.09. The second kappa shape index (κ2) is 7.81. The minimum Gasteiger partial charge on any atom is -0.278 e. The molecule has 90 valence electrons. The predicted octanol–water partition coefficient (Wildman–Crippen LogP) is 2.70. The zero-order valence-corrected chi connectivity index (χ0v) is 11.3. The van der Waals surface area contributed by atoms with Gasteiger partial charge in [-0.1, -0.05) is 42.2 Å². The Balaban J connectivity index is 2.41. The molecule has 4 nitrogen and oxygen atoms in total. The van der Waals surface area contributed by atoms with Crippen molar-refractivity contribution in [2.75, 3.05) is 11.7 Å². The van der Waals surface area contributed by atoms with E-state index in [1.165, 1.54) is 11.8 Å². The fraction of sp³-hybridized carbons (Fsp3) is 0.182. The molecule has 0 saturated carbocycles. The summed E-state index contributed by atoms with van der Waals surface area (Å²) in [4.78, 5) is 0. The van der Waals surface area contributed by atoms with Gasteiger partial charge in [0.1, 0.15) is 0 Å². The van der Waals surface area contributed by atoms with Gasteiger partial charge in [0.15, 0.2) is 4.32 Å². The number of para-hydroxylation sites is 1. The maximum absolute atomic E-state index is 4.95. The highest BCUT2D eigenvalue weighted by Gasteiger charge is 1.90. The summed E-state index contributed by atoms with van der Waals surface area (Å²) in [5.41, 5.74) is 7.32. The number of benzene rings is 1. The van der Waals surface area contributed by atoms with E-state index in [4.69, 9.17) is 12.2 Å². The van der Waals surface area contributed by atoms with Crippen LogP contribution in [0.4, 0.5) is 5.69 Å². The Bertz CT molecular complexity index is 415. The SMILES string of the molecule is CSC(=S)N/N=C(C)\C=N/Nc1ccccc1. The fourth-order valence-electron chi connectivity index (χ4n) is 0.921. The number of hydrogen-bond acceptors (Lipinski definition) is 5. The molecule has 0 atom stereocenters. The van der Waals surface area contributed by atoms with Crippen LogP contribution < -0.4 is 10.9 Å². The molecule has 0 aliphatic heterocycles. The number of nitrogens with zero attached hydrogens (tertiary/aromatic N) is 2. The summed E-state index contributed by atoms with van der Waals surface area (Å²) in [6.45, 7) is 1.84. The highest BCUT2D eigenvalue weighted by atomic mass is 32.2. The van der Waals surface area contributed by atoms with Crippen LogP contribution >= 0.6 is 24.0 Å². The van der Waals surface area contributed by atoms with Crippen LogP contribution in [0.15, 0.2) is 40.5 Å². The number of rotatable bonds is 4. The second-order valence-corrected chi connectivity index (χ2v) is 4.58. The van der Waals surface area contributed by atoms with Crippen LogP contribution in [0.3, 0.4) is 0 Å². The van der Waals surface area contributed by atoms with Crippen LogP contribution in [-0.4, -0.2) is 22.5 Å². The van der Waals surface area contributed by atoms with Crippen molar-refractivity contribution >= 4 is 45.9 Å². The van der Waals surface area contributed by atoms with Crippen molar-refractivity contribution in [3.8, 4) is 0 Å². The lowest BCUT2D eigenvalue weighted by atomic mass is 10.3. The first kappa shape index (κ1) is 13.7. The first-order valence-corrected chi connectivity index (χ1v) is 6.58. The Morgan fingerprint density at radius 2 is 2.06 bits per heavy atom. The number of hydrazone groups is 2. The predicted molar refractivity (Wildman–Crippen MR) is 80.9 cm³/mol. The molecule has 0 aliphatic rings. The lowest BCUT2D eigenvalue weighted by Crippen LogP contribution is -2.13. The largest absolute Gasteiger partial charge is 0.278 e. The van der Waals surface area contributed by atoms with Crippen molar-refractivity contribution in [2.24, 2.45) is 10.2 Å². The van der Waals surface area contributed by atoms with Crippen molar-refractivity contribution in [2.45, 2.75) is 6.92 Å². The van der Waals surface area contributed by atoms with Crippen LogP contribution in [0.2, 0.25) is 0 Å². The molecule has 17 heavy (non-hydrogen) atoms. The van der Waals surface area contributed by atoms with Crippen LogP contribution in [0.1, 0.15) is 6.92 Å². The summed E-state index contributed by atoms with van der Waals surface area (Å²) in [6.07, 6.45) is 3.52. The van der Waals surface area contributed by atoms with Gasteiger partial charge in [0.2, 0.25) is 0 Å². The van der Waals surface area contributed by atoms with E-state index in [2.05, 4.69) is 21.1 Å². The van der Waals surface area contributed by atoms with Gasteiger partial charge in [0.25, 0.3) is 0 Å². The van der Waals surface area contributed by atoms with E-state index in [1.807, 2.05) is 43.5 Å². The number of anilines is 1. The number of hydrogen-bond donors (Lipinski definition) is 2. The molecule has 0 radical (unpaired) electrons. The number of thiocarbonyl (C=S) groups is 1. The molecular formula is C11H14N4S2. The zero-order valence-electron chi connectivity index (χ0n) is 9.68. The Morgan fingerprint density at radius 3 is 2.71 bits per heavy atom. The highest BCUT2D eigenvalue weighted by Crippen LogP contribution is 2.03. The molecule has 0 saturated heterocycles. The van der Waals surface area contributed by atoms with Crippen molar-refractivity contribution in [1.29, 1.82) is 0 Å². The van der Waals surface area contributed by atoms with Gasteiger partial charge < -0.3 is 0 Å². The highest BCUT2D eigenvalue weighted by molar-refractivity contribution is 8.22. The quantitative estimate of drug-likeness (QED) is 0.500. The third kappa shape index (κ3) is 6.03. The van der Waals surface area contributed by atoms with Gasteiger partial charge in [-0.15, -0.1) is 0 Å². The maximum atomic E-state index is 4.95. The average molecular weight is 266 g/mol. The molecule has 1 rings (SSSR count). The Hall–Kier alpha value is -1.40. The van der Waals surface area contributed by atoms with Crippen LogP contribution in [0, 0.1) is 0 Å². The van der Waals surface area contributed by atoms with Crippen LogP contribution in [0.5, 0.6) is 0 Å². The smallest absolute Gasteiger partial charge is 0.153 e. The topological polar surface area (TPSA) is 48.8 Å². The first-order valence-electron chi connectivity index (χ1n) is 4.94. The Morgan fingerprint density at radius 1 is 1.35 bits per heavy atom. The van der Waals surface area contributed by atoms with E-state index in [0.29, 0.717) is 4.32 Å². The van der Waals surface area contributed by atoms with Gasteiger partial charge in [0, 0.05) is 0 Å². The molecule has 0 fully saturated rings. The van der Waals surface area contributed by atoms with Gasteiger partial charge >= 0.3 is 0 Å². The third-order valence-corrected chi connectivity index (χ3v) is 2.78. The molecule has 0 bridgehead atoms. The molecule has 0 aliphatic carbocycles. The van der Waals surface area contributed by atoms with E-state index in [1.54, 1.807) is 6.21 Å². The third-order valence-electron chi connectivity index (χ3n) is 1.73. The maximum Gasteiger partial charge on any atom is 0.153 e. The summed E-state index contributed by atoms with van der Waals surface area (Å²) in [5.74, 6) is 0. The van der Waals surface area contributed by atoms with E-state index in [9.17, 15) is 0 Å². The van der Waals surface area contributed by atoms with Gasteiger partial charge in [0.05, 0.1) is 17.6 Å². The van der Waals surface area contributed by atoms with Crippen LogP contribution in [0.25, 0.3) is 0 Å². The molecule has 0 unspecified atom stereocenters. The lowest BCUT2D eigenvalue weighted by Gasteiger charge is -1.99. The standard InChI is InChI=1S/C11H14N4S2/c1-9(13-15-11(16)17-2)8-12-14-10-6-4-3-5-7-10/h3-8,14H,1-2H3,(H,15,16)/b12-8-,13-9-. The summed E-state index contributed by atoms with van der Waals surface area (Å²) in [7, 11) is 0. The van der Waals surface area contributed by atoms with Gasteiger partial charge in [-0.2, -0.15) is 10.2 Å². The number of thioether (sulfide) groups is 1. The Labute approximate surface area is 111 Å². The molecule has 2 N–H and O–H groups in total. The van der Waals surface area contributed by atoms with Crippen molar-refractivity contribution in [3.05, 3.63) is 30.3 Å². The molecule has 6 heteroatoms. The van der Waals surface area contributed by atoms with Gasteiger partial charge in [-0.05, 0) is 25.3 Å². The van der Waals surface area contributed by atoms with E-state index < -0.39 is 0 Å². The Kier molecular flexibility index (Phi) is 6.27. The van der Waals surface area contributed by atoms with Crippen LogP contribution in [-0.2, 0) is 0 Å². The summed E-state index contributed by atoms with van der Waals surface area (Å²) < 4.78 is 0.633. The van der Waals surface area contributed by atoms with Gasteiger partial charge in [-0.25, -0.2) is 0 Å². The van der Waals surface area contributed by atoms with Crippen molar-refractivity contribution in [1.82, 2.24) is 5.43 Å².